The van der Waals surface area contributed by atoms with Gasteiger partial charge in [0.2, 0.25) is 5.91 Å². The lowest BCUT2D eigenvalue weighted by molar-refractivity contribution is -0.118. The summed E-state index contributed by atoms with van der Waals surface area (Å²) in [5.41, 5.74) is 7.07. The highest BCUT2D eigenvalue weighted by Gasteiger charge is 2.32. The predicted molar refractivity (Wildman–Crippen MR) is 94.7 cm³/mol. The molecule has 4 nitrogen and oxygen atoms in total. The van der Waals surface area contributed by atoms with E-state index < -0.39 is 0 Å². The number of nitrogens with one attached hydrogen (secondary N) is 1. The van der Waals surface area contributed by atoms with Crippen molar-refractivity contribution >= 4 is 23.2 Å². The molecule has 0 atom stereocenters. The number of benzene rings is 2. The summed E-state index contributed by atoms with van der Waals surface area (Å²) in [6.07, 6.45) is 2.09. The van der Waals surface area contributed by atoms with Crippen LogP contribution in [0.1, 0.15) is 39.0 Å². The summed E-state index contributed by atoms with van der Waals surface area (Å²) in [6, 6.07) is 9.81. The van der Waals surface area contributed by atoms with Crippen LogP contribution in [0, 0.1) is 13.8 Å². The van der Waals surface area contributed by atoms with E-state index >= 15 is 0 Å². The fourth-order valence-corrected chi connectivity index (χ4v) is 3.67. The molecule has 0 unspecified atom stereocenters. The average molecular weight is 320 g/mol. The van der Waals surface area contributed by atoms with Gasteiger partial charge in [-0.3, -0.25) is 9.59 Å². The van der Waals surface area contributed by atoms with Gasteiger partial charge >= 0.3 is 0 Å². The maximum Gasteiger partial charge on any atom is 0.255 e. The molecule has 24 heavy (non-hydrogen) atoms. The van der Waals surface area contributed by atoms with Crippen molar-refractivity contribution in [3.63, 3.8) is 0 Å². The smallest absolute Gasteiger partial charge is 0.255 e. The fourth-order valence-electron chi connectivity index (χ4n) is 3.67. The fraction of sp³-hybridized carbons (Fsp3) is 0.300. The summed E-state index contributed by atoms with van der Waals surface area (Å²) in [5, 5.41) is 3.03. The summed E-state index contributed by atoms with van der Waals surface area (Å²) in [4.78, 5) is 26.6. The summed E-state index contributed by atoms with van der Waals surface area (Å²) in [5.74, 6) is 0.118. The van der Waals surface area contributed by atoms with Gasteiger partial charge in [-0.2, -0.15) is 0 Å². The molecular weight excluding hydrogens is 300 g/mol. The van der Waals surface area contributed by atoms with Crippen LogP contribution < -0.4 is 10.2 Å². The number of carbonyl (C=O) groups excluding carboxylic acids is 2. The molecule has 0 aliphatic carbocycles. The molecule has 0 fully saturated rings. The number of hydrogen-bond donors (Lipinski definition) is 1. The predicted octanol–water partition coefficient (Wildman–Crippen LogP) is 3.39. The monoisotopic (exact) mass is 320 g/mol. The third-order valence-corrected chi connectivity index (χ3v) is 5.17. The Balaban J connectivity index is 1.67. The zero-order valence-corrected chi connectivity index (χ0v) is 14.0. The molecular formula is C20H20N2O2. The van der Waals surface area contributed by atoms with E-state index in [1.165, 1.54) is 0 Å². The van der Waals surface area contributed by atoms with Crippen molar-refractivity contribution in [2.75, 3.05) is 16.8 Å². The van der Waals surface area contributed by atoms with Gasteiger partial charge in [-0.05, 0) is 67.1 Å². The van der Waals surface area contributed by atoms with Crippen LogP contribution in [0.2, 0.25) is 0 Å². The van der Waals surface area contributed by atoms with Gasteiger partial charge in [0.15, 0.2) is 0 Å². The van der Waals surface area contributed by atoms with Gasteiger partial charge in [-0.1, -0.05) is 12.1 Å². The van der Waals surface area contributed by atoms with E-state index in [4.69, 9.17) is 0 Å². The maximum absolute atomic E-state index is 12.7. The van der Waals surface area contributed by atoms with E-state index in [2.05, 4.69) is 5.32 Å². The molecule has 2 heterocycles. The van der Waals surface area contributed by atoms with Gasteiger partial charge in [0.25, 0.3) is 5.91 Å². The summed E-state index contributed by atoms with van der Waals surface area (Å²) in [7, 11) is 0. The van der Waals surface area contributed by atoms with Gasteiger partial charge < -0.3 is 10.2 Å². The molecule has 0 radical (unpaired) electrons. The van der Waals surface area contributed by atoms with Gasteiger partial charge in [0, 0.05) is 24.2 Å². The first-order valence-electron chi connectivity index (χ1n) is 8.38. The molecule has 0 bridgehead atoms. The molecule has 1 N–H and O–H groups in total. The largest absolute Gasteiger partial charge is 0.322 e. The third-order valence-electron chi connectivity index (χ3n) is 5.17. The second-order valence-electron chi connectivity index (χ2n) is 6.64. The maximum atomic E-state index is 12.7. The Hall–Kier alpha value is -2.62. The van der Waals surface area contributed by atoms with Crippen molar-refractivity contribution in [3.8, 4) is 0 Å². The number of nitrogens with zero attached hydrogens (tertiary/aromatic N) is 1. The van der Waals surface area contributed by atoms with E-state index in [0.717, 1.165) is 53.0 Å². The zero-order valence-electron chi connectivity index (χ0n) is 14.0. The Morgan fingerprint density at radius 1 is 1.08 bits per heavy atom. The van der Waals surface area contributed by atoms with Crippen molar-refractivity contribution in [1.82, 2.24) is 0 Å². The van der Waals surface area contributed by atoms with Gasteiger partial charge in [-0.15, -0.1) is 0 Å². The molecule has 4 rings (SSSR count). The van der Waals surface area contributed by atoms with Crippen LogP contribution in [0.25, 0.3) is 0 Å². The molecule has 0 saturated carbocycles. The van der Waals surface area contributed by atoms with Crippen LogP contribution in [-0.4, -0.2) is 18.4 Å². The topological polar surface area (TPSA) is 49.4 Å². The van der Waals surface area contributed by atoms with E-state index in [1.54, 1.807) is 0 Å². The number of hydrogen-bond acceptors (Lipinski definition) is 2. The Labute approximate surface area is 141 Å². The van der Waals surface area contributed by atoms with Crippen LogP contribution >= 0.6 is 0 Å². The molecule has 0 saturated heterocycles. The van der Waals surface area contributed by atoms with Crippen molar-refractivity contribution in [3.05, 3.63) is 58.1 Å². The number of rotatable bonds is 2. The quantitative estimate of drug-likeness (QED) is 0.922. The van der Waals surface area contributed by atoms with Crippen LogP contribution in [0.4, 0.5) is 11.4 Å². The van der Waals surface area contributed by atoms with Crippen LogP contribution in [-0.2, 0) is 17.6 Å². The minimum atomic E-state index is -0.0851. The first-order valence-corrected chi connectivity index (χ1v) is 8.38. The molecule has 2 aromatic rings. The normalized spacial score (nSPS) is 15.4. The Bertz CT molecular complexity index is 870. The summed E-state index contributed by atoms with van der Waals surface area (Å²) < 4.78 is 0. The average Bonchev–Trinajstić information content (AvgIpc) is 3.00. The number of amides is 2. The van der Waals surface area contributed by atoms with E-state index in [-0.39, 0.29) is 11.8 Å². The van der Waals surface area contributed by atoms with Gasteiger partial charge in [0.1, 0.15) is 0 Å². The minimum absolute atomic E-state index is 0.0851. The number of aryl methyl sites for hydroxylation is 2. The van der Waals surface area contributed by atoms with E-state index in [1.807, 2.05) is 49.1 Å². The van der Waals surface area contributed by atoms with Gasteiger partial charge in [-0.25, -0.2) is 0 Å². The molecule has 2 aliphatic rings. The SMILES string of the molecule is Cc1cccc(NC(=O)c2cc3c4c(c2)CCN4C(=O)CC3)c1C. The van der Waals surface area contributed by atoms with E-state index in [9.17, 15) is 9.59 Å². The highest BCUT2D eigenvalue weighted by atomic mass is 16.2. The minimum Gasteiger partial charge on any atom is -0.322 e. The number of carbonyl (C=O) groups is 2. The van der Waals surface area contributed by atoms with Crippen LogP contribution in [0.3, 0.4) is 0 Å². The summed E-state index contributed by atoms with van der Waals surface area (Å²) in [6.45, 7) is 4.79. The van der Waals surface area contributed by atoms with Crippen molar-refractivity contribution in [2.24, 2.45) is 0 Å². The second kappa shape index (κ2) is 5.48. The zero-order chi connectivity index (χ0) is 16.8. The van der Waals surface area contributed by atoms with Gasteiger partial charge in [0.05, 0.1) is 5.69 Å². The molecule has 0 aromatic heterocycles. The van der Waals surface area contributed by atoms with E-state index in [0.29, 0.717) is 12.0 Å². The second-order valence-corrected chi connectivity index (χ2v) is 6.64. The lowest BCUT2D eigenvalue weighted by atomic mass is 9.96. The standard InChI is InChI=1S/C20H20N2O2/c1-12-4-3-5-17(13(12)2)21-20(24)16-10-14-6-7-18(23)22-9-8-15(11-16)19(14)22/h3-5,10-11H,6-9H2,1-2H3,(H,21,24). The molecule has 2 aromatic carbocycles. The molecule has 0 spiro atoms. The Kier molecular flexibility index (Phi) is 3.41. The van der Waals surface area contributed by atoms with Crippen molar-refractivity contribution < 1.29 is 9.59 Å². The highest BCUT2D eigenvalue weighted by molar-refractivity contribution is 6.06. The lowest BCUT2D eigenvalue weighted by Crippen LogP contribution is -2.33. The molecule has 2 aliphatic heterocycles. The van der Waals surface area contributed by atoms with Crippen LogP contribution in [0.15, 0.2) is 30.3 Å². The molecule has 4 heteroatoms. The third kappa shape index (κ3) is 2.30. The van der Waals surface area contributed by atoms with Crippen LogP contribution in [0.5, 0.6) is 0 Å². The lowest BCUT2D eigenvalue weighted by Gasteiger charge is -2.25. The Morgan fingerprint density at radius 3 is 2.62 bits per heavy atom. The molecule has 122 valence electrons. The number of anilines is 2. The first kappa shape index (κ1) is 14.9. The van der Waals surface area contributed by atoms with Crippen molar-refractivity contribution in [2.45, 2.75) is 33.1 Å². The highest BCUT2D eigenvalue weighted by Crippen LogP contribution is 2.37. The van der Waals surface area contributed by atoms with Crippen molar-refractivity contribution in [1.29, 1.82) is 0 Å². The Morgan fingerprint density at radius 2 is 1.83 bits per heavy atom. The summed E-state index contributed by atoms with van der Waals surface area (Å²) >= 11 is 0. The molecule has 2 amide bonds. The first-order chi connectivity index (χ1) is 11.5.